The molecule has 1 saturated heterocycles. The third-order valence-electron chi connectivity index (χ3n) is 4.79. The summed E-state index contributed by atoms with van der Waals surface area (Å²) in [6.45, 7) is 7.93. The first-order chi connectivity index (χ1) is 12.2. The third-order valence-corrected chi connectivity index (χ3v) is 5.01. The summed E-state index contributed by atoms with van der Waals surface area (Å²) in [5.74, 6) is 1.78. The van der Waals surface area contributed by atoms with Crippen LogP contribution < -0.4 is 10.6 Å². The molecule has 0 radical (unpaired) electrons. The van der Waals surface area contributed by atoms with Crippen molar-refractivity contribution in [3.63, 3.8) is 0 Å². The standard InChI is InChI=1S/C19H32ClN5.HI/c1-16-8-13-25(14-9-16)12-4-3-10-22-19(21-2)23-11-7-17-5-6-18(20)24-15-17;/h5-6,15-16H,3-4,7-14H2,1-2H3,(H2,21,22,23);1H. The lowest BCUT2D eigenvalue weighted by molar-refractivity contribution is 0.189. The van der Waals surface area contributed by atoms with E-state index in [2.05, 4.69) is 32.4 Å². The fourth-order valence-corrected chi connectivity index (χ4v) is 3.16. The van der Waals surface area contributed by atoms with Crippen LogP contribution in [0.4, 0.5) is 0 Å². The number of hydrogen-bond acceptors (Lipinski definition) is 3. The molecule has 2 heterocycles. The van der Waals surface area contributed by atoms with Crippen LogP contribution in [0.1, 0.15) is 38.2 Å². The summed E-state index contributed by atoms with van der Waals surface area (Å²) >= 11 is 5.80. The highest BCUT2D eigenvalue weighted by Crippen LogP contribution is 2.16. The van der Waals surface area contributed by atoms with E-state index in [0.717, 1.165) is 31.4 Å². The van der Waals surface area contributed by atoms with Crippen LogP contribution in [0.15, 0.2) is 23.3 Å². The fourth-order valence-electron chi connectivity index (χ4n) is 3.05. The highest BCUT2D eigenvalue weighted by Gasteiger charge is 2.14. The number of piperidine rings is 1. The molecule has 2 N–H and O–H groups in total. The smallest absolute Gasteiger partial charge is 0.190 e. The summed E-state index contributed by atoms with van der Waals surface area (Å²) in [7, 11) is 1.81. The Morgan fingerprint density at radius 1 is 1.23 bits per heavy atom. The van der Waals surface area contributed by atoms with Gasteiger partial charge in [0.2, 0.25) is 0 Å². The van der Waals surface area contributed by atoms with Gasteiger partial charge in [0.05, 0.1) is 0 Å². The number of aliphatic imine (C=N–C) groups is 1. The molecule has 0 bridgehead atoms. The predicted molar refractivity (Wildman–Crippen MR) is 122 cm³/mol. The first kappa shape index (κ1) is 23.4. The number of pyridine rings is 1. The van der Waals surface area contributed by atoms with Gasteiger partial charge in [0, 0.05) is 26.3 Å². The minimum Gasteiger partial charge on any atom is -0.356 e. The normalized spacial score (nSPS) is 16.2. The van der Waals surface area contributed by atoms with Crippen LogP contribution in [-0.4, -0.2) is 55.6 Å². The molecule has 1 aliphatic rings. The molecule has 1 aromatic heterocycles. The molecule has 0 atom stereocenters. The maximum Gasteiger partial charge on any atom is 0.190 e. The van der Waals surface area contributed by atoms with Crippen LogP contribution in [-0.2, 0) is 6.42 Å². The Kier molecular flexibility index (Phi) is 12.2. The largest absolute Gasteiger partial charge is 0.356 e. The second-order valence-electron chi connectivity index (χ2n) is 6.90. The molecule has 5 nitrogen and oxygen atoms in total. The molecule has 0 saturated carbocycles. The van der Waals surface area contributed by atoms with Gasteiger partial charge in [0.1, 0.15) is 5.15 Å². The maximum absolute atomic E-state index is 5.80. The van der Waals surface area contributed by atoms with E-state index in [4.69, 9.17) is 11.6 Å². The van der Waals surface area contributed by atoms with E-state index in [9.17, 15) is 0 Å². The number of rotatable bonds is 8. The first-order valence-electron chi connectivity index (χ1n) is 9.44. The zero-order valence-corrected chi connectivity index (χ0v) is 19.1. The quantitative estimate of drug-likeness (QED) is 0.191. The van der Waals surface area contributed by atoms with E-state index in [0.29, 0.717) is 5.15 Å². The van der Waals surface area contributed by atoms with Crippen molar-refractivity contribution in [2.24, 2.45) is 10.9 Å². The number of aromatic nitrogens is 1. The number of unbranched alkanes of at least 4 members (excludes halogenated alkanes) is 1. The molecule has 26 heavy (non-hydrogen) atoms. The van der Waals surface area contributed by atoms with Crippen LogP contribution in [0.5, 0.6) is 0 Å². The summed E-state index contributed by atoms with van der Waals surface area (Å²) in [5, 5.41) is 7.27. The Labute approximate surface area is 180 Å². The van der Waals surface area contributed by atoms with Crippen LogP contribution in [0.2, 0.25) is 5.15 Å². The molecule has 0 amide bonds. The average Bonchev–Trinajstić information content (AvgIpc) is 2.63. The fraction of sp³-hybridized carbons (Fsp3) is 0.684. The Bertz CT molecular complexity index is 515. The van der Waals surface area contributed by atoms with Crippen molar-refractivity contribution < 1.29 is 0 Å². The van der Waals surface area contributed by atoms with Gasteiger partial charge in [-0.3, -0.25) is 4.99 Å². The summed E-state index contributed by atoms with van der Waals surface area (Å²) in [6.07, 6.45) is 7.86. The Morgan fingerprint density at radius 3 is 2.62 bits per heavy atom. The Hall–Kier alpha value is -0.600. The Balaban J connectivity index is 0.00000338. The van der Waals surface area contributed by atoms with E-state index in [-0.39, 0.29) is 24.0 Å². The van der Waals surface area contributed by atoms with Crippen LogP contribution >= 0.6 is 35.6 Å². The molecule has 1 aromatic rings. The lowest BCUT2D eigenvalue weighted by Gasteiger charge is -2.30. The van der Waals surface area contributed by atoms with Gasteiger partial charge in [-0.15, -0.1) is 24.0 Å². The topological polar surface area (TPSA) is 52.6 Å². The average molecular weight is 494 g/mol. The van der Waals surface area contributed by atoms with Crippen molar-refractivity contribution in [2.45, 2.75) is 39.0 Å². The molecule has 1 fully saturated rings. The van der Waals surface area contributed by atoms with Crippen molar-refractivity contribution in [2.75, 3.05) is 39.8 Å². The zero-order chi connectivity index (χ0) is 17.9. The van der Waals surface area contributed by atoms with Crippen LogP contribution in [0.3, 0.4) is 0 Å². The second kappa shape index (κ2) is 13.6. The summed E-state index contributed by atoms with van der Waals surface area (Å²) in [4.78, 5) is 11.0. The molecule has 148 valence electrons. The minimum absolute atomic E-state index is 0. The minimum atomic E-state index is 0. The van der Waals surface area contributed by atoms with Gasteiger partial charge in [0.25, 0.3) is 0 Å². The molecule has 0 aromatic carbocycles. The second-order valence-corrected chi connectivity index (χ2v) is 7.28. The van der Waals surface area contributed by atoms with Crippen LogP contribution in [0, 0.1) is 5.92 Å². The molecule has 0 spiro atoms. The molecule has 2 rings (SSSR count). The highest BCUT2D eigenvalue weighted by atomic mass is 127. The van der Waals surface area contributed by atoms with Crippen molar-refractivity contribution in [3.8, 4) is 0 Å². The lowest BCUT2D eigenvalue weighted by Crippen LogP contribution is -2.39. The summed E-state index contributed by atoms with van der Waals surface area (Å²) < 4.78 is 0. The molecule has 1 aliphatic heterocycles. The van der Waals surface area contributed by atoms with Gasteiger partial charge in [-0.2, -0.15) is 0 Å². The number of nitrogens with one attached hydrogen (secondary N) is 2. The van der Waals surface area contributed by atoms with Gasteiger partial charge in [0.15, 0.2) is 5.96 Å². The maximum atomic E-state index is 5.80. The van der Waals surface area contributed by atoms with E-state index in [1.165, 1.54) is 50.9 Å². The van der Waals surface area contributed by atoms with E-state index in [1.807, 2.05) is 25.4 Å². The SMILES string of the molecule is CN=C(NCCCCN1CCC(C)CC1)NCCc1ccc(Cl)nc1.I. The van der Waals surface area contributed by atoms with Gasteiger partial charge in [-0.1, -0.05) is 24.6 Å². The van der Waals surface area contributed by atoms with Crippen LogP contribution in [0.25, 0.3) is 0 Å². The van der Waals surface area contributed by atoms with Gasteiger partial charge in [-0.25, -0.2) is 4.98 Å². The predicted octanol–water partition coefficient (Wildman–Crippen LogP) is 3.57. The van der Waals surface area contributed by atoms with Gasteiger partial charge < -0.3 is 15.5 Å². The molecular weight excluding hydrogens is 461 g/mol. The number of likely N-dealkylation sites (tertiary alicyclic amines) is 1. The Morgan fingerprint density at radius 2 is 1.96 bits per heavy atom. The van der Waals surface area contributed by atoms with Crippen molar-refractivity contribution >= 4 is 41.5 Å². The number of guanidine groups is 1. The monoisotopic (exact) mass is 493 g/mol. The van der Waals surface area contributed by atoms with Crippen molar-refractivity contribution in [3.05, 3.63) is 29.0 Å². The number of halogens is 2. The summed E-state index contributed by atoms with van der Waals surface area (Å²) in [6, 6.07) is 3.83. The molecule has 0 aliphatic carbocycles. The number of hydrogen-bond donors (Lipinski definition) is 2. The van der Waals surface area contributed by atoms with Crippen molar-refractivity contribution in [1.29, 1.82) is 0 Å². The number of nitrogens with zero attached hydrogens (tertiary/aromatic N) is 3. The van der Waals surface area contributed by atoms with E-state index >= 15 is 0 Å². The van der Waals surface area contributed by atoms with Gasteiger partial charge >= 0.3 is 0 Å². The lowest BCUT2D eigenvalue weighted by atomic mass is 9.99. The zero-order valence-electron chi connectivity index (χ0n) is 16.0. The summed E-state index contributed by atoms with van der Waals surface area (Å²) in [5.41, 5.74) is 1.17. The van der Waals surface area contributed by atoms with E-state index in [1.54, 1.807) is 0 Å². The molecular formula is C19H33ClIN5. The first-order valence-corrected chi connectivity index (χ1v) is 9.82. The third kappa shape index (κ3) is 9.37. The van der Waals surface area contributed by atoms with Crippen molar-refractivity contribution in [1.82, 2.24) is 20.5 Å². The molecule has 0 unspecified atom stereocenters. The molecule has 7 heteroatoms. The van der Waals surface area contributed by atoms with E-state index < -0.39 is 0 Å². The van der Waals surface area contributed by atoms with Gasteiger partial charge in [-0.05, 0) is 69.3 Å². The highest BCUT2D eigenvalue weighted by molar-refractivity contribution is 14.0.